The van der Waals surface area contributed by atoms with Gasteiger partial charge in [-0.3, -0.25) is 0 Å². The molecule has 294 valence electrons. The van der Waals surface area contributed by atoms with E-state index in [9.17, 15) is 0 Å². The average Bonchev–Trinajstić information content (AvgIpc) is 3.62. The first-order valence-electron chi connectivity index (χ1n) is 21.6. The molecule has 3 heterocycles. The van der Waals surface area contributed by atoms with Crippen molar-refractivity contribution >= 4 is 96.1 Å². The molecule has 0 radical (unpaired) electrons. The number of rotatable bonds is 6. The van der Waals surface area contributed by atoms with Crippen LogP contribution in [0.4, 0.5) is 51.2 Å². The number of aromatic nitrogens is 1. The Bertz CT molecular complexity index is 3280. The normalized spacial score (nSPS) is 12.7. The van der Waals surface area contributed by atoms with E-state index in [4.69, 9.17) is 0 Å². The van der Waals surface area contributed by atoms with Crippen LogP contribution in [0.25, 0.3) is 27.5 Å². The van der Waals surface area contributed by atoms with Crippen molar-refractivity contribution in [3.05, 3.63) is 223 Å². The second-order valence-corrected chi connectivity index (χ2v) is 16.8. The first-order valence-corrected chi connectivity index (χ1v) is 21.6. The SMILES string of the molecule is Cc1cc(C)c(N2c3cc4c5ccc(N(c6ccccc6)c6ccccc6)cc5n(-c5ccccc5)c4cc3B3c4ccccc4N(c4ccccc4)c4cccc2c43)c(C)c1. The first kappa shape index (κ1) is 36.1. The highest BCUT2D eigenvalue weighted by molar-refractivity contribution is 7.00. The van der Waals surface area contributed by atoms with Crippen LogP contribution in [-0.4, -0.2) is 11.3 Å². The highest BCUT2D eigenvalue weighted by Crippen LogP contribution is 2.48. The summed E-state index contributed by atoms with van der Waals surface area (Å²) in [6.45, 7) is 6.75. The maximum atomic E-state index is 2.58. The molecule has 0 atom stereocenters. The van der Waals surface area contributed by atoms with Gasteiger partial charge in [-0.1, -0.05) is 121 Å². The van der Waals surface area contributed by atoms with Gasteiger partial charge in [0, 0.05) is 62.0 Å². The lowest BCUT2D eigenvalue weighted by Gasteiger charge is -2.44. The quantitative estimate of drug-likeness (QED) is 0.156. The molecule has 0 aliphatic carbocycles. The minimum absolute atomic E-state index is 0.00326. The van der Waals surface area contributed by atoms with E-state index in [2.05, 4.69) is 246 Å². The fraction of sp³-hybridized carbons (Fsp3) is 0.0526. The number of benzene rings is 9. The molecule has 4 nitrogen and oxygen atoms in total. The smallest absolute Gasteiger partial charge is 0.252 e. The van der Waals surface area contributed by atoms with E-state index in [0.29, 0.717) is 0 Å². The molecule has 5 heteroatoms. The molecule has 1 aromatic heterocycles. The van der Waals surface area contributed by atoms with Gasteiger partial charge in [0.2, 0.25) is 0 Å². The van der Waals surface area contributed by atoms with Crippen LogP contribution in [0.3, 0.4) is 0 Å². The second-order valence-electron chi connectivity index (χ2n) is 16.8. The molecule has 10 aromatic rings. The Labute approximate surface area is 363 Å². The summed E-state index contributed by atoms with van der Waals surface area (Å²) < 4.78 is 2.49. The van der Waals surface area contributed by atoms with E-state index in [-0.39, 0.29) is 6.71 Å². The summed E-state index contributed by atoms with van der Waals surface area (Å²) in [7, 11) is 0. The maximum Gasteiger partial charge on any atom is 0.252 e. The van der Waals surface area contributed by atoms with Gasteiger partial charge in [-0.15, -0.1) is 0 Å². The molecule has 0 spiro atoms. The summed E-state index contributed by atoms with van der Waals surface area (Å²) in [5.74, 6) is 0. The second kappa shape index (κ2) is 14.2. The van der Waals surface area contributed by atoms with Crippen molar-refractivity contribution < 1.29 is 0 Å². The van der Waals surface area contributed by atoms with Crippen molar-refractivity contribution in [1.29, 1.82) is 0 Å². The van der Waals surface area contributed by atoms with E-state index < -0.39 is 0 Å². The van der Waals surface area contributed by atoms with Gasteiger partial charge in [-0.2, -0.15) is 0 Å². The van der Waals surface area contributed by atoms with Crippen molar-refractivity contribution in [3.63, 3.8) is 0 Å². The summed E-state index contributed by atoms with van der Waals surface area (Å²) in [6.07, 6.45) is 0. The van der Waals surface area contributed by atoms with E-state index >= 15 is 0 Å². The average molecular weight is 795 g/mol. The predicted molar refractivity (Wildman–Crippen MR) is 264 cm³/mol. The molecule has 9 aromatic carbocycles. The summed E-state index contributed by atoms with van der Waals surface area (Å²) in [5, 5.41) is 2.44. The Balaban J connectivity index is 1.19. The lowest BCUT2D eigenvalue weighted by atomic mass is 9.33. The number of fused-ring (bicyclic) bond motifs is 7. The minimum Gasteiger partial charge on any atom is -0.311 e. The number of nitrogens with zero attached hydrogens (tertiary/aromatic N) is 4. The molecule has 0 N–H and O–H groups in total. The Kier molecular flexibility index (Phi) is 8.26. The highest BCUT2D eigenvalue weighted by Gasteiger charge is 2.44. The lowest BCUT2D eigenvalue weighted by molar-refractivity contribution is 1.17. The molecule has 0 unspecified atom stereocenters. The van der Waals surface area contributed by atoms with Crippen LogP contribution in [0.5, 0.6) is 0 Å². The monoisotopic (exact) mass is 794 g/mol. The van der Waals surface area contributed by atoms with Gasteiger partial charge in [-0.05, 0) is 139 Å². The van der Waals surface area contributed by atoms with Crippen LogP contribution in [0.15, 0.2) is 206 Å². The van der Waals surface area contributed by atoms with Gasteiger partial charge >= 0.3 is 0 Å². The topological polar surface area (TPSA) is 14.7 Å². The summed E-state index contributed by atoms with van der Waals surface area (Å²) >= 11 is 0. The van der Waals surface area contributed by atoms with Gasteiger partial charge in [0.1, 0.15) is 0 Å². The summed E-state index contributed by atoms with van der Waals surface area (Å²) in [4.78, 5) is 7.41. The largest absolute Gasteiger partial charge is 0.311 e. The Morgan fingerprint density at radius 2 is 0.935 bits per heavy atom. The Morgan fingerprint density at radius 1 is 0.387 bits per heavy atom. The molecule has 0 bridgehead atoms. The van der Waals surface area contributed by atoms with Gasteiger partial charge in [0.05, 0.1) is 16.7 Å². The third-order valence-electron chi connectivity index (χ3n) is 12.9. The number of hydrogen-bond donors (Lipinski definition) is 0. The Morgan fingerprint density at radius 3 is 1.60 bits per heavy atom. The van der Waals surface area contributed by atoms with Crippen LogP contribution in [0.1, 0.15) is 16.7 Å². The van der Waals surface area contributed by atoms with Crippen molar-refractivity contribution in [2.24, 2.45) is 0 Å². The highest BCUT2D eigenvalue weighted by atomic mass is 15.2. The molecular formula is C57H43BN4. The fourth-order valence-corrected chi connectivity index (χ4v) is 10.6. The third kappa shape index (κ3) is 5.48. The fourth-order valence-electron chi connectivity index (χ4n) is 10.6. The van der Waals surface area contributed by atoms with Crippen LogP contribution in [0.2, 0.25) is 0 Å². The van der Waals surface area contributed by atoms with Crippen LogP contribution >= 0.6 is 0 Å². The van der Waals surface area contributed by atoms with Gasteiger partial charge in [0.15, 0.2) is 0 Å². The summed E-state index contributed by atoms with van der Waals surface area (Å²) in [6, 6.07) is 75.8. The van der Waals surface area contributed by atoms with Crippen molar-refractivity contribution in [1.82, 2.24) is 4.57 Å². The molecule has 0 saturated heterocycles. The molecule has 0 amide bonds. The maximum absolute atomic E-state index is 2.58. The molecule has 2 aliphatic heterocycles. The zero-order chi connectivity index (χ0) is 41.5. The standard InChI is InChI=1S/C57H43BN4/c1-38-33-39(2)57(40(3)34-38)62-52-30-18-29-51-56(52)58(48-27-16-17-28-50(48)60(51)43-23-12-6-13-24-43)49-37-54-47(36-55(49)62)46-32-31-45(35-53(46)61(54)44-25-14-7-15-26-44)59(41-19-8-4-9-20-41)42-21-10-5-11-22-42/h4-37H,1-3H3. The summed E-state index contributed by atoms with van der Waals surface area (Å²) in [5.41, 5.74) is 21.8. The molecule has 62 heavy (non-hydrogen) atoms. The van der Waals surface area contributed by atoms with Gasteiger partial charge in [-0.25, -0.2) is 0 Å². The van der Waals surface area contributed by atoms with Crippen LogP contribution < -0.4 is 31.1 Å². The zero-order valence-electron chi connectivity index (χ0n) is 35.0. The van der Waals surface area contributed by atoms with E-state index in [1.54, 1.807) is 0 Å². The van der Waals surface area contributed by atoms with Crippen molar-refractivity contribution in [2.75, 3.05) is 14.7 Å². The van der Waals surface area contributed by atoms with Crippen LogP contribution in [0, 0.1) is 20.8 Å². The first-order chi connectivity index (χ1) is 30.5. The molecule has 2 aliphatic rings. The van der Waals surface area contributed by atoms with Crippen molar-refractivity contribution in [3.8, 4) is 5.69 Å². The molecule has 0 saturated carbocycles. The molecular weight excluding hydrogens is 751 g/mol. The van der Waals surface area contributed by atoms with Gasteiger partial charge in [0.25, 0.3) is 6.71 Å². The van der Waals surface area contributed by atoms with E-state index in [1.165, 1.54) is 77.8 Å². The van der Waals surface area contributed by atoms with Crippen LogP contribution in [-0.2, 0) is 0 Å². The lowest BCUT2D eigenvalue weighted by Crippen LogP contribution is -2.61. The number of hydrogen-bond acceptors (Lipinski definition) is 3. The van der Waals surface area contributed by atoms with Crippen molar-refractivity contribution in [2.45, 2.75) is 20.8 Å². The van der Waals surface area contributed by atoms with E-state index in [0.717, 1.165) is 34.0 Å². The van der Waals surface area contributed by atoms with E-state index in [1.807, 2.05) is 0 Å². The number of aryl methyl sites for hydroxylation is 3. The minimum atomic E-state index is 0.00326. The third-order valence-corrected chi connectivity index (χ3v) is 12.9. The Hall–Kier alpha value is -7.76. The number of para-hydroxylation sites is 5. The molecule has 12 rings (SSSR count). The zero-order valence-corrected chi connectivity index (χ0v) is 35.0. The number of anilines is 9. The van der Waals surface area contributed by atoms with Gasteiger partial charge < -0.3 is 19.3 Å². The predicted octanol–water partition coefficient (Wildman–Crippen LogP) is 13.3. The molecule has 0 fully saturated rings.